The van der Waals surface area contributed by atoms with Gasteiger partial charge in [-0.3, -0.25) is 0 Å². The molecule has 0 saturated carbocycles. The lowest BCUT2D eigenvalue weighted by Crippen LogP contribution is -2.31. The van der Waals surface area contributed by atoms with Crippen molar-refractivity contribution in [1.29, 1.82) is 0 Å². The molecule has 2 unspecified atom stereocenters. The molecule has 13 heavy (non-hydrogen) atoms. The van der Waals surface area contributed by atoms with Crippen molar-refractivity contribution in [3.63, 3.8) is 0 Å². The van der Waals surface area contributed by atoms with Crippen molar-refractivity contribution in [3.8, 4) is 0 Å². The number of rotatable bonds is 6. The largest absolute Gasteiger partial charge is 0.411 e. The van der Waals surface area contributed by atoms with Crippen LogP contribution in [0.25, 0.3) is 0 Å². The van der Waals surface area contributed by atoms with E-state index in [0.717, 1.165) is 12.3 Å². The van der Waals surface area contributed by atoms with Crippen LogP contribution in [0.15, 0.2) is 12.7 Å². The normalized spacial score (nSPS) is 16.7. The SMILES string of the molecule is C=CC(CC(C)CC)O[Si](C)(C)C. The summed E-state index contributed by atoms with van der Waals surface area (Å²) in [6.07, 6.45) is 4.55. The van der Waals surface area contributed by atoms with Gasteiger partial charge < -0.3 is 4.43 Å². The van der Waals surface area contributed by atoms with Crippen molar-refractivity contribution in [2.75, 3.05) is 0 Å². The first-order valence-corrected chi connectivity index (χ1v) is 8.60. The maximum atomic E-state index is 5.98. The van der Waals surface area contributed by atoms with Gasteiger partial charge in [-0.2, -0.15) is 0 Å². The molecule has 0 N–H and O–H groups in total. The van der Waals surface area contributed by atoms with Gasteiger partial charge >= 0.3 is 0 Å². The maximum absolute atomic E-state index is 5.98. The van der Waals surface area contributed by atoms with Crippen LogP contribution < -0.4 is 0 Å². The fourth-order valence-electron chi connectivity index (χ4n) is 1.21. The molecule has 0 aliphatic heterocycles. The van der Waals surface area contributed by atoms with Crippen LogP contribution in [-0.2, 0) is 4.43 Å². The lowest BCUT2D eigenvalue weighted by molar-refractivity contribution is 0.207. The van der Waals surface area contributed by atoms with E-state index < -0.39 is 8.32 Å². The van der Waals surface area contributed by atoms with Gasteiger partial charge in [-0.25, -0.2) is 0 Å². The molecule has 0 bridgehead atoms. The molecule has 0 aliphatic carbocycles. The lowest BCUT2D eigenvalue weighted by Gasteiger charge is -2.25. The van der Waals surface area contributed by atoms with Crippen molar-refractivity contribution in [2.24, 2.45) is 5.92 Å². The monoisotopic (exact) mass is 200 g/mol. The van der Waals surface area contributed by atoms with Crippen LogP contribution in [0.1, 0.15) is 26.7 Å². The third kappa shape index (κ3) is 7.02. The highest BCUT2D eigenvalue weighted by molar-refractivity contribution is 6.69. The van der Waals surface area contributed by atoms with E-state index in [4.69, 9.17) is 4.43 Å². The van der Waals surface area contributed by atoms with Crippen LogP contribution in [0.5, 0.6) is 0 Å². The van der Waals surface area contributed by atoms with E-state index >= 15 is 0 Å². The van der Waals surface area contributed by atoms with Crippen LogP contribution in [0, 0.1) is 5.92 Å². The third-order valence-corrected chi connectivity index (χ3v) is 3.11. The van der Waals surface area contributed by atoms with Gasteiger partial charge in [0, 0.05) is 0 Å². The fourth-order valence-corrected chi connectivity index (χ4v) is 2.31. The molecule has 0 aromatic heterocycles. The summed E-state index contributed by atoms with van der Waals surface area (Å²) < 4.78 is 5.98. The molecule has 0 fully saturated rings. The molecule has 2 heteroatoms. The minimum atomic E-state index is -1.39. The summed E-state index contributed by atoms with van der Waals surface area (Å²) in [5.41, 5.74) is 0. The van der Waals surface area contributed by atoms with Crippen molar-refractivity contribution in [2.45, 2.75) is 52.4 Å². The Balaban J connectivity index is 3.97. The zero-order valence-electron chi connectivity index (χ0n) is 9.76. The van der Waals surface area contributed by atoms with Gasteiger partial charge in [0.1, 0.15) is 0 Å². The zero-order chi connectivity index (χ0) is 10.5. The van der Waals surface area contributed by atoms with E-state index in [9.17, 15) is 0 Å². The van der Waals surface area contributed by atoms with E-state index in [1.807, 2.05) is 6.08 Å². The maximum Gasteiger partial charge on any atom is 0.184 e. The van der Waals surface area contributed by atoms with Crippen molar-refractivity contribution in [1.82, 2.24) is 0 Å². The summed E-state index contributed by atoms with van der Waals surface area (Å²) in [5, 5.41) is 0. The first-order valence-electron chi connectivity index (χ1n) is 5.19. The summed E-state index contributed by atoms with van der Waals surface area (Å²) in [6.45, 7) is 15.0. The van der Waals surface area contributed by atoms with Crippen molar-refractivity contribution >= 4 is 8.32 Å². The van der Waals surface area contributed by atoms with E-state index in [-0.39, 0.29) is 6.10 Å². The summed E-state index contributed by atoms with van der Waals surface area (Å²) >= 11 is 0. The van der Waals surface area contributed by atoms with E-state index in [0.29, 0.717) is 0 Å². The molecule has 0 spiro atoms. The lowest BCUT2D eigenvalue weighted by atomic mass is 10.0. The molecule has 0 amide bonds. The minimum Gasteiger partial charge on any atom is -0.411 e. The highest BCUT2D eigenvalue weighted by atomic mass is 28.4. The Hall–Kier alpha value is -0.0831. The molecule has 0 rings (SSSR count). The molecule has 0 aliphatic rings. The number of hydrogen-bond acceptors (Lipinski definition) is 1. The van der Waals surface area contributed by atoms with Crippen molar-refractivity contribution < 1.29 is 4.43 Å². The average molecular weight is 200 g/mol. The topological polar surface area (TPSA) is 9.23 Å². The molecule has 0 heterocycles. The molecule has 1 nitrogen and oxygen atoms in total. The van der Waals surface area contributed by atoms with Crippen molar-refractivity contribution in [3.05, 3.63) is 12.7 Å². The first kappa shape index (κ1) is 12.9. The second kappa shape index (κ2) is 5.61. The summed E-state index contributed by atoms with van der Waals surface area (Å²) in [4.78, 5) is 0. The molecule has 0 aromatic carbocycles. The predicted molar refractivity (Wildman–Crippen MR) is 62.5 cm³/mol. The highest BCUT2D eigenvalue weighted by Crippen LogP contribution is 2.17. The molecular weight excluding hydrogens is 176 g/mol. The average Bonchev–Trinajstić information content (AvgIpc) is 2.00. The molecule has 2 atom stereocenters. The molecule has 0 aromatic rings. The Labute approximate surface area is 84.3 Å². The van der Waals surface area contributed by atoms with Gasteiger partial charge in [-0.15, -0.1) is 6.58 Å². The second-order valence-corrected chi connectivity index (χ2v) is 9.21. The minimum absolute atomic E-state index is 0.265. The summed E-state index contributed by atoms with van der Waals surface area (Å²) in [6, 6.07) is 0. The van der Waals surface area contributed by atoms with E-state index in [2.05, 4.69) is 40.1 Å². The van der Waals surface area contributed by atoms with E-state index in [1.165, 1.54) is 6.42 Å². The van der Waals surface area contributed by atoms with Crippen LogP contribution >= 0.6 is 0 Å². The van der Waals surface area contributed by atoms with Gasteiger partial charge in [0.15, 0.2) is 8.32 Å². The van der Waals surface area contributed by atoms with Gasteiger partial charge in [0.05, 0.1) is 6.10 Å². The molecular formula is C11H24OSi. The summed E-state index contributed by atoms with van der Waals surface area (Å²) in [5.74, 6) is 0.736. The Morgan fingerprint density at radius 2 is 1.92 bits per heavy atom. The Morgan fingerprint density at radius 1 is 1.38 bits per heavy atom. The number of hydrogen-bond donors (Lipinski definition) is 0. The standard InChI is InChI=1S/C11H24OSi/c1-7-10(3)9-11(8-2)12-13(4,5)6/h8,10-11H,2,7,9H2,1,3-6H3. The van der Waals surface area contributed by atoms with Crippen LogP contribution in [0.4, 0.5) is 0 Å². The zero-order valence-corrected chi connectivity index (χ0v) is 10.8. The van der Waals surface area contributed by atoms with Gasteiger partial charge in [-0.05, 0) is 32.0 Å². The third-order valence-electron chi connectivity index (χ3n) is 2.10. The quantitative estimate of drug-likeness (QED) is 0.468. The van der Waals surface area contributed by atoms with Crippen LogP contribution in [0.3, 0.4) is 0 Å². The molecule has 0 saturated heterocycles. The summed E-state index contributed by atoms with van der Waals surface area (Å²) in [7, 11) is -1.39. The van der Waals surface area contributed by atoms with E-state index in [1.54, 1.807) is 0 Å². The highest BCUT2D eigenvalue weighted by Gasteiger charge is 2.20. The van der Waals surface area contributed by atoms with Crippen LogP contribution in [-0.4, -0.2) is 14.4 Å². The predicted octanol–water partition coefficient (Wildman–Crippen LogP) is 3.83. The molecule has 78 valence electrons. The van der Waals surface area contributed by atoms with Gasteiger partial charge in [-0.1, -0.05) is 26.3 Å². The fraction of sp³-hybridized carbons (Fsp3) is 0.818. The Morgan fingerprint density at radius 3 is 2.23 bits per heavy atom. The Kier molecular flexibility index (Phi) is 5.57. The van der Waals surface area contributed by atoms with Gasteiger partial charge in [0.2, 0.25) is 0 Å². The Bertz CT molecular complexity index is 149. The second-order valence-electron chi connectivity index (χ2n) is 4.75. The molecule has 0 radical (unpaired) electrons. The smallest absolute Gasteiger partial charge is 0.184 e. The van der Waals surface area contributed by atoms with Crippen LogP contribution in [0.2, 0.25) is 19.6 Å². The first-order chi connectivity index (χ1) is 5.89. The van der Waals surface area contributed by atoms with Gasteiger partial charge in [0.25, 0.3) is 0 Å².